The average Bonchev–Trinajstić information content (AvgIpc) is 3.08. The van der Waals surface area contributed by atoms with E-state index in [1.54, 1.807) is 12.5 Å². The summed E-state index contributed by atoms with van der Waals surface area (Å²) in [5, 5.41) is 12.3. The number of halogens is 1. The molecule has 4 nitrogen and oxygen atoms in total. The fraction of sp³-hybridized carbons (Fsp3) is 0.421. The number of piperidine rings is 1. The number of aromatic nitrogens is 2. The molecule has 2 unspecified atom stereocenters. The summed E-state index contributed by atoms with van der Waals surface area (Å²) >= 11 is 6.03. The van der Waals surface area contributed by atoms with E-state index in [2.05, 4.69) is 23.4 Å². The van der Waals surface area contributed by atoms with Crippen molar-refractivity contribution in [2.24, 2.45) is 0 Å². The molecule has 0 aliphatic carbocycles. The molecule has 0 saturated carbocycles. The maximum Gasteiger partial charge on any atom is 0.123 e. The third-order valence-electron chi connectivity index (χ3n) is 5.07. The summed E-state index contributed by atoms with van der Waals surface area (Å²) in [7, 11) is 0. The van der Waals surface area contributed by atoms with Gasteiger partial charge in [-0.25, -0.2) is 4.98 Å². The van der Waals surface area contributed by atoms with Gasteiger partial charge >= 0.3 is 0 Å². The largest absolute Gasteiger partial charge is 0.382 e. The lowest BCUT2D eigenvalue weighted by Crippen LogP contribution is -2.52. The first-order valence-corrected chi connectivity index (χ1v) is 8.72. The first kappa shape index (κ1) is 17.2. The Morgan fingerprint density at radius 2 is 1.96 bits per heavy atom. The summed E-state index contributed by atoms with van der Waals surface area (Å²) in [4.78, 5) is 6.45. The molecule has 1 aliphatic rings. The van der Waals surface area contributed by atoms with Crippen LogP contribution >= 0.6 is 11.6 Å². The van der Waals surface area contributed by atoms with E-state index in [0.717, 1.165) is 31.5 Å². The second-order valence-corrected chi connectivity index (χ2v) is 7.06. The van der Waals surface area contributed by atoms with Crippen LogP contribution in [0.4, 0.5) is 0 Å². The number of hydrogen-bond donors (Lipinski definition) is 1. The van der Waals surface area contributed by atoms with Gasteiger partial charge in [0.15, 0.2) is 0 Å². The first-order chi connectivity index (χ1) is 11.5. The molecule has 1 aliphatic heterocycles. The van der Waals surface area contributed by atoms with Crippen LogP contribution in [0.25, 0.3) is 0 Å². The Morgan fingerprint density at radius 1 is 1.29 bits per heavy atom. The highest BCUT2D eigenvalue weighted by Gasteiger charge is 2.40. The minimum atomic E-state index is -1.02. The molecule has 1 N–H and O–H groups in total. The van der Waals surface area contributed by atoms with Gasteiger partial charge in [-0.05, 0) is 37.5 Å². The molecule has 1 fully saturated rings. The molecule has 0 spiro atoms. The Kier molecular flexibility index (Phi) is 5.09. The van der Waals surface area contributed by atoms with Crippen LogP contribution in [0.2, 0.25) is 5.02 Å². The molecule has 0 radical (unpaired) electrons. The SMILES string of the molecule is C=C1CCN(C(C)C(O)(Cn2ccnc2)c2ccc(Cl)cc2)CC1. The zero-order valence-electron chi connectivity index (χ0n) is 14.0. The van der Waals surface area contributed by atoms with Gasteiger partial charge in [0.1, 0.15) is 5.60 Å². The predicted molar refractivity (Wildman–Crippen MR) is 97.0 cm³/mol. The second kappa shape index (κ2) is 7.09. The lowest BCUT2D eigenvalue weighted by atomic mass is 9.85. The number of nitrogens with zero attached hydrogens (tertiary/aromatic N) is 3. The minimum absolute atomic E-state index is 0.0332. The van der Waals surface area contributed by atoms with Gasteiger partial charge < -0.3 is 9.67 Å². The first-order valence-electron chi connectivity index (χ1n) is 8.34. The van der Waals surface area contributed by atoms with Crippen LogP contribution in [0.1, 0.15) is 25.3 Å². The minimum Gasteiger partial charge on any atom is -0.382 e. The molecular formula is C19H24ClN3O. The van der Waals surface area contributed by atoms with Crippen LogP contribution in [0.3, 0.4) is 0 Å². The molecule has 1 aromatic heterocycles. The van der Waals surface area contributed by atoms with Gasteiger partial charge in [-0.3, -0.25) is 4.90 Å². The predicted octanol–water partition coefficient (Wildman–Crippen LogP) is 3.46. The molecule has 2 heterocycles. The summed E-state index contributed by atoms with van der Waals surface area (Å²) in [6.45, 7) is 8.49. The average molecular weight is 346 g/mol. The Morgan fingerprint density at radius 3 is 2.54 bits per heavy atom. The molecule has 5 heteroatoms. The van der Waals surface area contributed by atoms with Crippen LogP contribution < -0.4 is 0 Å². The van der Waals surface area contributed by atoms with Crippen LogP contribution in [-0.4, -0.2) is 38.7 Å². The van der Waals surface area contributed by atoms with E-state index in [1.807, 2.05) is 35.0 Å². The van der Waals surface area contributed by atoms with Crippen molar-refractivity contribution in [3.05, 3.63) is 65.7 Å². The van der Waals surface area contributed by atoms with Crippen molar-refractivity contribution in [1.82, 2.24) is 14.5 Å². The number of rotatable bonds is 5. The van der Waals surface area contributed by atoms with Crippen molar-refractivity contribution in [1.29, 1.82) is 0 Å². The number of benzene rings is 1. The maximum absolute atomic E-state index is 11.7. The van der Waals surface area contributed by atoms with Crippen molar-refractivity contribution < 1.29 is 5.11 Å². The van der Waals surface area contributed by atoms with Crippen molar-refractivity contribution >= 4 is 11.6 Å². The molecule has 0 bridgehead atoms. The van der Waals surface area contributed by atoms with E-state index < -0.39 is 5.60 Å². The normalized spacial score (nSPS) is 19.9. The number of likely N-dealkylation sites (tertiary alicyclic amines) is 1. The summed E-state index contributed by atoms with van der Waals surface area (Å²) in [6.07, 6.45) is 7.34. The van der Waals surface area contributed by atoms with Gasteiger partial charge in [0.05, 0.1) is 12.9 Å². The van der Waals surface area contributed by atoms with Crippen molar-refractivity contribution in [3.8, 4) is 0 Å². The van der Waals surface area contributed by atoms with E-state index in [9.17, 15) is 5.11 Å². The van der Waals surface area contributed by atoms with Crippen LogP contribution in [0, 0.1) is 0 Å². The number of hydrogen-bond acceptors (Lipinski definition) is 3. The van der Waals surface area contributed by atoms with E-state index in [-0.39, 0.29) is 6.04 Å². The molecular weight excluding hydrogens is 322 g/mol. The van der Waals surface area contributed by atoms with E-state index in [4.69, 9.17) is 11.6 Å². The highest BCUT2D eigenvalue weighted by molar-refractivity contribution is 6.30. The molecule has 2 aromatic rings. The standard InChI is InChI=1S/C19H24ClN3O/c1-15-7-10-23(11-8-15)16(2)19(24,13-22-12-9-21-14-22)17-3-5-18(20)6-4-17/h3-6,9,12,14,16,24H,1,7-8,10-11,13H2,2H3. The van der Waals surface area contributed by atoms with Crippen molar-refractivity contribution in [2.75, 3.05) is 13.1 Å². The topological polar surface area (TPSA) is 41.3 Å². The van der Waals surface area contributed by atoms with Gasteiger partial charge in [-0.2, -0.15) is 0 Å². The number of aliphatic hydroxyl groups is 1. The smallest absolute Gasteiger partial charge is 0.123 e. The van der Waals surface area contributed by atoms with E-state index in [0.29, 0.717) is 11.6 Å². The summed E-state index contributed by atoms with van der Waals surface area (Å²) in [5.74, 6) is 0. The Balaban J connectivity index is 1.91. The van der Waals surface area contributed by atoms with Gasteiger partial charge in [0, 0.05) is 36.5 Å². The molecule has 24 heavy (non-hydrogen) atoms. The Labute approximate surface area is 148 Å². The van der Waals surface area contributed by atoms with Gasteiger partial charge in [-0.15, -0.1) is 0 Å². The maximum atomic E-state index is 11.7. The number of imidazole rings is 1. The zero-order valence-corrected chi connectivity index (χ0v) is 14.8. The molecule has 1 saturated heterocycles. The van der Waals surface area contributed by atoms with Crippen LogP contribution in [0.15, 0.2) is 55.1 Å². The Hall–Kier alpha value is -1.62. The highest BCUT2D eigenvalue weighted by Crippen LogP contribution is 2.33. The van der Waals surface area contributed by atoms with Crippen LogP contribution in [0.5, 0.6) is 0 Å². The molecule has 3 rings (SSSR count). The molecule has 128 valence electrons. The zero-order chi connectivity index (χ0) is 17.2. The second-order valence-electron chi connectivity index (χ2n) is 6.63. The molecule has 2 atom stereocenters. The summed E-state index contributed by atoms with van der Waals surface area (Å²) in [6, 6.07) is 7.47. The summed E-state index contributed by atoms with van der Waals surface area (Å²) < 4.78 is 1.92. The van der Waals surface area contributed by atoms with Gasteiger partial charge in [0.2, 0.25) is 0 Å². The lowest BCUT2D eigenvalue weighted by Gasteiger charge is -2.43. The van der Waals surface area contributed by atoms with Crippen molar-refractivity contribution in [2.45, 2.75) is 38.0 Å². The van der Waals surface area contributed by atoms with Gasteiger partial charge in [0.25, 0.3) is 0 Å². The quantitative estimate of drug-likeness (QED) is 0.844. The Bertz CT molecular complexity index is 673. The van der Waals surface area contributed by atoms with Crippen molar-refractivity contribution in [3.63, 3.8) is 0 Å². The van der Waals surface area contributed by atoms with Crippen LogP contribution in [-0.2, 0) is 12.1 Å². The third-order valence-corrected chi connectivity index (χ3v) is 5.32. The molecule has 0 amide bonds. The van der Waals surface area contributed by atoms with E-state index >= 15 is 0 Å². The third kappa shape index (κ3) is 3.56. The monoisotopic (exact) mass is 345 g/mol. The fourth-order valence-electron chi connectivity index (χ4n) is 3.39. The van der Waals surface area contributed by atoms with Gasteiger partial charge in [-0.1, -0.05) is 35.9 Å². The van der Waals surface area contributed by atoms with E-state index in [1.165, 1.54) is 5.57 Å². The fourth-order valence-corrected chi connectivity index (χ4v) is 3.52. The molecule has 1 aromatic carbocycles. The summed E-state index contributed by atoms with van der Waals surface area (Å²) in [5.41, 5.74) is 1.14. The highest BCUT2D eigenvalue weighted by atomic mass is 35.5. The lowest BCUT2D eigenvalue weighted by molar-refractivity contribution is -0.0612.